The van der Waals surface area contributed by atoms with Gasteiger partial charge in [-0.2, -0.15) is 0 Å². The predicted octanol–water partition coefficient (Wildman–Crippen LogP) is 0.940. The van der Waals surface area contributed by atoms with Crippen LogP contribution in [0.5, 0.6) is 0 Å². The van der Waals surface area contributed by atoms with Crippen molar-refractivity contribution in [3.8, 4) is 0 Å². The quantitative estimate of drug-likeness (QED) is 0.806. The number of methoxy groups -OCH3 is 1. The average Bonchev–Trinajstić information content (AvgIpc) is 2.29. The van der Waals surface area contributed by atoms with Gasteiger partial charge in [0.25, 0.3) is 5.91 Å². The fraction of sp³-hybridized carbons (Fsp3) is 0.545. The number of carbonyl (C=O) groups excluding carboxylic acids is 1. The maximum atomic E-state index is 11.7. The highest BCUT2D eigenvalue weighted by Gasteiger charge is 2.12. The lowest BCUT2D eigenvalue weighted by Gasteiger charge is -2.15. The van der Waals surface area contributed by atoms with Crippen LogP contribution in [0.4, 0.5) is 0 Å². The zero-order valence-corrected chi connectivity index (χ0v) is 9.86. The molecule has 1 rings (SSSR count). The number of ether oxygens (including phenoxy) is 1. The minimum Gasteiger partial charge on any atom is -0.383 e. The molecular formula is C11H17N3O2. The first-order valence-corrected chi connectivity index (χ1v) is 5.25. The molecule has 0 saturated heterocycles. The van der Waals surface area contributed by atoms with E-state index in [1.807, 2.05) is 13.8 Å². The van der Waals surface area contributed by atoms with Crippen LogP contribution in [-0.4, -0.2) is 35.6 Å². The zero-order chi connectivity index (χ0) is 12.0. The Morgan fingerprint density at radius 3 is 2.75 bits per heavy atom. The Labute approximate surface area is 95.3 Å². The molecule has 0 fully saturated rings. The van der Waals surface area contributed by atoms with Crippen LogP contribution in [0.1, 0.15) is 29.5 Å². The fourth-order valence-electron chi connectivity index (χ4n) is 1.23. The summed E-state index contributed by atoms with van der Waals surface area (Å²) in [7, 11) is 1.61. The largest absolute Gasteiger partial charge is 0.383 e. The molecule has 88 valence electrons. The molecule has 5 heteroatoms. The Kier molecular flexibility index (Phi) is 4.85. The Morgan fingerprint density at radius 1 is 1.50 bits per heavy atom. The Hall–Kier alpha value is -1.49. The van der Waals surface area contributed by atoms with Crippen molar-refractivity contribution in [3.63, 3.8) is 0 Å². The van der Waals surface area contributed by atoms with Crippen LogP contribution in [0.2, 0.25) is 0 Å². The lowest BCUT2D eigenvalue weighted by Crippen LogP contribution is -2.37. The molecule has 0 saturated carbocycles. The van der Waals surface area contributed by atoms with Crippen LogP contribution in [0.15, 0.2) is 12.4 Å². The first-order chi connectivity index (χ1) is 7.67. The maximum Gasteiger partial charge on any atom is 0.271 e. The maximum absolute atomic E-state index is 11.7. The number of hydrogen-bond acceptors (Lipinski definition) is 4. The van der Waals surface area contributed by atoms with E-state index in [0.29, 0.717) is 12.3 Å². The Bertz CT molecular complexity index is 338. The van der Waals surface area contributed by atoms with Gasteiger partial charge in [-0.3, -0.25) is 9.78 Å². The van der Waals surface area contributed by atoms with Crippen LogP contribution in [0.3, 0.4) is 0 Å². The number of rotatable bonds is 5. The predicted molar refractivity (Wildman–Crippen MR) is 60.2 cm³/mol. The van der Waals surface area contributed by atoms with E-state index in [2.05, 4.69) is 15.3 Å². The second-order valence-electron chi connectivity index (χ2n) is 3.58. The molecule has 1 amide bonds. The number of amides is 1. The standard InChI is InChI=1S/C11H17N3O2/c1-4-9(7-16-3)14-11(15)10-6-12-8(2)5-13-10/h5-6,9H,4,7H2,1-3H3,(H,14,15). The molecule has 0 aliphatic rings. The summed E-state index contributed by atoms with van der Waals surface area (Å²) in [4.78, 5) is 19.8. The topological polar surface area (TPSA) is 64.1 Å². The summed E-state index contributed by atoms with van der Waals surface area (Å²) < 4.78 is 5.00. The van der Waals surface area contributed by atoms with E-state index >= 15 is 0 Å². The van der Waals surface area contributed by atoms with Crippen molar-refractivity contribution in [3.05, 3.63) is 23.8 Å². The summed E-state index contributed by atoms with van der Waals surface area (Å²) in [5.41, 5.74) is 1.13. The second-order valence-corrected chi connectivity index (χ2v) is 3.58. The van der Waals surface area contributed by atoms with Crippen molar-refractivity contribution in [2.75, 3.05) is 13.7 Å². The third-order valence-electron chi connectivity index (χ3n) is 2.21. The number of hydrogen-bond donors (Lipinski definition) is 1. The number of nitrogens with one attached hydrogen (secondary N) is 1. The SMILES string of the molecule is CCC(COC)NC(=O)c1cnc(C)cn1. The molecule has 1 aromatic heterocycles. The van der Waals surface area contributed by atoms with E-state index < -0.39 is 0 Å². The third kappa shape index (κ3) is 3.58. The van der Waals surface area contributed by atoms with Crippen molar-refractivity contribution in [2.24, 2.45) is 0 Å². The molecule has 5 nitrogen and oxygen atoms in total. The normalized spacial score (nSPS) is 12.2. The number of aryl methyl sites for hydroxylation is 1. The van der Waals surface area contributed by atoms with Gasteiger partial charge in [0, 0.05) is 13.3 Å². The number of nitrogens with zero attached hydrogens (tertiary/aromatic N) is 2. The van der Waals surface area contributed by atoms with Gasteiger partial charge >= 0.3 is 0 Å². The van der Waals surface area contributed by atoms with Crippen molar-refractivity contribution in [2.45, 2.75) is 26.3 Å². The van der Waals surface area contributed by atoms with Crippen LogP contribution < -0.4 is 5.32 Å². The van der Waals surface area contributed by atoms with Gasteiger partial charge in [0.2, 0.25) is 0 Å². The van der Waals surface area contributed by atoms with E-state index in [-0.39, 0.29) is 11.9 Å². The number of carbonyl (C=O) groups is 1. The molecule has 0 aromatic carbocycles. The average molecular weight is 223 g/mol. The highest BCUT2D eigenvalue weighted by molar-refractivity contribution is 5.92. The molecule has 1 atom stereocenters. The molecule has 0 spiro atoms. The van der Waals surface area contributed by atoms with Gasteiger partial charge in [-0.1, -0.05) is 6.92 Å². The molecule has 0 aliphatic heterocycles. The van der Waals surface area contributed by atoms with Gasteiger partial charge in [0.15, 0.2) is 0 Å². The summed E-state index contributed by atoms with van der Waals surface area (Å²) in [6.45, 7) is 4.32. The lowest BCUT2D eigenvalue weighted by atomic mass is 10.2. The molecule has 0 aliphatic carbocycles. The summed E-state index contributed by atoms with van der Waals surface area (Å²) in [6.07, 6.45) is 3.87. The van der Waals surface area contributed by atoms with Gasteiger partial charge < -0.3 is 10.1 Å². The third-order valence-corrected chi connectivity index (χ3v) is 2.21. The minimum absolute atomic E-state index is 0.0144. The Morgan fingerprint density at radius 2 is 2.25 bits per heavy atom. The monoisotopic (exact) mass is 223 g/mol. The van der Waals surface area contributed by atoms with Crippen molar-refractivity contribution in [1.82, 2.24) is 15.3 Å². The summed E-state index contributed by atoms with van der Waals surface area (Å²) in [6, 6.07) is 0.0144. The van der Waals surface area contributed by atoms with Gasteiger partial charge in [-0.05, 0) is 13.3 Å². The summed E-state index contributed by atoms with van der Waals surface area (Å²) in [5, 5.41) is 2.84. The van der Waals surface area contributed by atoms with E-state index in [0.717, 1.165) is 12.1 Å². The Balaban J connectivity index is 2.60. The summed E-state index contributed by atoms with van der Waals surface area (Å²) >= 11 is 0. The van der Waals surface area contributed by atoms with Crippen LogP contribution in [-0.2, 0) is 4.74 Å². The molecular weight excluding hydrogens is 206 g/mol. The molecule has 1 N–H and O–H groups in total. The molecule has 16 heavy (non-hydrogen) atoms. The van der Waals surface area contributed by atoms with Gasteiger partial charge in [0.1, 0.15) is 5.69 Å². The van der Waals surface area contributed by atoms with Crippen LogP contribution in [0, 0.1) is 6.92 Å². The minimum atomic E-state index is -0.212. The van der Waals surface area contributed by atoms with Gasteiger partial charge in [-0.15, -0.1) is 0 Å². The van der Waals surface area contributed by atoms with Crippen molar-refractivity contribution in [1.29, 1.82) is 0 Å². The lowest BCUT2D eigenvalue weighted by molar-refractivity contribution is 0.0889. The van der Waals surface area contributed by atoms with Gasteiger partial charge in [-0.25, -0.2) is 4.98 Å². The van der Waals surface area contributed by atoms with Crippen molar-refractivity contribution >= 4 is 5.91 Å². The fourth-order valence-corrected chi connectivity index (χ4v) is 1.23. The highest BCUT2D eigenvalue weighted by atomic mass is 16.5. The van der Waals surface area contributed by atoms with Crippen LogP contribution >= 0.6 is 0 Å². The van der Waals surface area contributed by atoms with E-state index in [1.165, 1.54) is 6.20 Å². The zero-order valence-electron chi connectivity index (χ0n) is 9.86. The molecule has 1 heterocycles. The van der Waals surface area contributed by atoms with Crippen LogP contribution in [0.25, 0.3) is 0 Å². The highest BCUT2D eigenvalue weighted by Crippen LogP contribution is 1.97. The summed E-state index contributed by atoms with van der Waals surface area (Å²) in [5.74, 6) is -0.212. The first-order valence-electron chi connectivity index (χ1n) is 5.25. The van der Waals surface area contributed by atoms with Gasteiger partial charge in [0.05, 0.1) is 24.5 Å². The molecule has 1 unspecified atom stereocenters. The number of aromatic nitrogens is 2. The smallest absolute Gasteiger partial charge is 0.271 e. The first kappa shape index (κ1) is 12.6. The molecule has 0 bridgehead atoms. The molecule has 1 aromatic rings. The van der Waals surface area contributed by atoms with E-state index in [9.17, 15) is 4.79 Å². The van der Waals surface area contributed by atoms with Crippen molar-refractivity contribution < 1.29 is 9.53 Å². The molecule has 0 radical (unpaired) electrons. The van der Waals surface area contributed by atoms with E-state index in [4.69, 9.17) is 4.74 Å². The van der Waals surface area contributed by atoms with E-state index in [1.54, 1.807) is 13.3 Å². The second kappa shape index (κ2) is 6.17.